The Balaban J connectivity index is 4.21. The Kier molecular flexibility index (Phi) is 15.1. The summed E-state index contributed by atoms with van der Waals surface area (Å²) in [5.41, 5.74) is 0. The van der Waals surface area contributed by atoms with Gasteiger partial charge in [0.2, 0.25) is 11.8 Å². The second-order valence-electron chi connectivity index (χ2n) is 7.17. The standard InChI is InChI=1S/C20H38N4O4/c1-3-5-7-9-11-13-15-17(25)23(21)19(27)20(28)24(22)18(26)16-14-12-10-8-6-4-2/h3-16,21-22H2,1-2H3. The zero-order chi connectivity index (χ0) is 21.4. The quantitative estimate of drug-likeness (QED) is 0.152. The number of nitrogens with two attached hydrogens (primary N) is 2. The normalized spacial score (nSPS) is 10.6. The number of carbonyl (C=O) groups is 4. The summed E-state index contributed by atoms with van der Waals surface area (Å²) in [6, 6.07) is 0. The van der Waals surface area contributed by atoms with Crippen molar-refractivity contribution in [2.45, 2.75) is 104 Å². The van der Waals surface area contributed by atoms with Crippen LogP contribution in [-0.2, 0) is 19.2 Å². The second-order valence-corrected chi connectivity index (χ2v) is 7.17. The Morgan fingerprint density at radius 2 is 0.821 bits per heavy atom. The van der Waals surface area contributed by atoms with Crippen LogP contribution in [0.1, 0.15) is 104 Å². The lowest BCUT2D eigenvalue weighted by Crippen LogP contribution is -2.54. The third kappa shape index (κ3) is 11.1. The molecule has 0 fully saturated rings. The molecule has 0 atom stereocenters. The van der Waals surface area contributed by atoms with E-state index in [4.69, 9.17) is 11.7 Å². The Bertz CT molecular complexity index is 453. The molecule has 0 aromatic carbocycles. The maximum absolute atomic E-state index is 12.0. The molecule has 0 heterocycles. The summed E-state index contributed by atoms with van der Waals surface area (Å²) in [4.78, 5) is 47.9. The summed E-state index contributed by atoms with van der Waals surface area (Å²) in [5.74, 6) is 7.04. The fourth-order valence-corrected chi connectivity index (χ4v) is 2.79. The first-order chi connectivity index (χ1) is 13.4. The topological polar surface area (TPSA) is 127 Å². The van der Waals surface area contributed by atoms with E-state index < -0.39 is 23.6 Å². The van der Waals surface area contributed by atoms with Gasteiger partial charge in [0.25, 0.3) is 0 Å². The van der Waals surface area contributed by atoms with Crippen LogP contribution in [0.2, 0.25) is 0 Å². The van der Waals surface area contributed by atoms with Gasteiger partial charge in [0.1, 0.15) is 0 Å². The lowest BCUT2D eigenvalue weighted by Gasteiger charge is -2.18. The van der Waals surface area contributed by atoms with Gasteiger partial charge in [-0.1, -0.05) is 78.1 Å². The van der Waals surface area contributed by atoms with E-state index >= 15 is 0 Å². The average Bonchev–Trinajstić information content (AvgIpc) is 2.70. The minimum Gasteiger partial charge on any atom is -0.273 e. The summed E-state index contributed by atoms with van der Waals surface area (Å²) in [6.45, 7) is 4.25. The van der Waals surface area contributed by atoms with Crippen molar-refractivity contribution in [3.05, 3.63) is 0 Å². The van der Waals surface area contributed by atoms with E-state index in [-0.39, 0.29) is 22.9 Å². The number of imide groups is 2. The smallest absolute Gasteiger partial charge is 0.273 e. The molecular weight excluding hydrogens is 360 g/mol. The molecule has 0 saturated carbocycles. The third-order valence-electron chi connectivity index (χ3n) is 4.65. The van der Waals surface area contributed by atoms with Crippen LogP contribution < -0.4 is 11.7 Å². The molecule has 0 aliphatic rings. The molecule has 4 amide bonds. The van der Waals surface area contributed by atoms with Crippen LogP contribution in [0.15, 0.2) is 0 Å². The molecule has 0 aromatic rings. The summed E-state index contributed by atoms with van der Waals surface area (Å²) >= 11 is 0. The number of rotatable bonds is 14. The highest BCUT2D eigenvalue weighted by atomic mass is 16.2. The SMILES string of the molecule is CCCCCCCCC(=O)N(N)C(=O)C(=O)N(N)C(=O)CCCCCCCC. The molecule has 0 saturated heterocycles. The van der Waals surface area contributed by atoms with Gasteiger partial charge in [0, 0.05) is 12.8 Å². The summed E-state index contributed by atoms with van der Waals surface area (Å²) < 4.78 is 0. The number of carbonyl (C=O) groups excluding carboxylic acids is 4. The van der Waals surface area contributed by atoms with Crippen molar-refractivity contribution in [1.29, 1.82) is 0 Å². The maximum Gasteiger partial charge on any atom is 0.334 e. The average molecular weight is 399 g/mol. The van der Waals surface area contributed by atoms with Gasteiger partial charge >= 0.3 is 11.8 Å². The highest BCUT2D eigenvalue weighted by Gasteiger charge is 2.30. The Labute approximate surface area is 168 Å². The van der Waals surface area contributed by atoms with Crippen molar-refractivity contribution in [3.63, 3.8) is 0 Å². The van der Waals surface area contributed by atoms with Gasteiger partial charge < -0.3 is 0 Å². The van der Waals surface area contributed by atoms with Gasteiger partial charge in [0.15, 0.2) is 0 Å². The van der Waals surface area contributed by atoms with Gasteiger partial charge in [-0.3, -0.25) is 19.2 Å². The highest BCUT2D eigenvalue weighted by Crippen LogP contribution is 2.09. The molecule has 28 heavy (non-hydrogen) atoms. The van der Waals surface area contributed by atoms with Gasteiger partial charge in [-0.05, 0) is 12.8 Å². The van der Waals surface area contributed by atoms with Gasteiger partial charge in [-0.15, -0.1) is 0 Å². The summed E-state index contributed by atoms with van der Waals surface area (Å²) in [7, 11) is 0. The highest BCUT2D eigenvalue weighted by molar-refractivity contribution is 6.39. The second kappa shape index (κ2) is 16.2. The summed E-state index contributed by atoms with van der Waals surface area (Å²) in [5, 5.41) is 0.540. The van der Waals surface area contributed by atoms with E-state index in [1.165, 1.54) is 0 Å². The van der Waals surface area contributed by atoms with Crippen molar-refractivity contribution in [1.82, 2.24) is 10.0 Å². The van der Waals surface area contributed by atoms with Crippen LogP contribution in [0, 0.1) is 0 Å². The van der Waals surface area contributed by atoms with Crippen LogP contribution in [-0.4, -0.2) is 33.6 Å². The molecule has 8 nitrogen and oxygen atoms in total. The molecule has 0 aromatic heterocycles. The van der Waals surface area contributed by atoms with Crippen LogP contribution in [0.3, 0.4) is 0 Å². The molecule has 0 rings (SSSR count). The lowest BCUT2D eigenvalue weighted by atomic mass is 10.1. The zero-order valence-corrected chi connectivity index (χ0v) is 17.6. The van der Waals surface area contributed by atoms with Crippen LogP contribution >= 0.6 is 0 Å². The van der Waals surface area contributed by atoms with Crippen LogP contribution in [0.4, 0.5) is 0 Å². The van der Waals surface area contributed by atoms with E-state index in [1.54, 1.807) is 0 Å². The number of nitrogens with zero attached hydrogens (tertiary/aromatic N) is 2. The Morgan fingerprint density at radius 3 is 1.14 bits per heavy atom. The molecule has 0 aliphatic carbocycles. The molecule has 8 heteroatoms. The van der Waals surface area contributed by atoms with Crippen molar-refractivity contribution in [2.75, 3.05) is 0 Å². The van der Waals surface area contributed by atoms with Crippen molar-refractivity contribution >= 4 is 23.6 Å². The first kappa shape index (κ1) is 26.2. The molecule has 0 bridgehead atoms. The molecule has 0 aliphatic heterocycles. The van der Waals surface area contributed by atoms with E-state index in [9.17, 15) is 19.2 Å². The maximum atomic E-state index is 12.0. The van der Waals surface area contributed by atoms with Crippen molar-refractivity contribution in [2.24, 2.45) is 11.7 Å². The zero-order valence-electron chi connectivity index (χ0n) is 17.6. The van der Waals surface area contributed by atoms with Gasteiger partial charge in [-0.25, -0.2) is 21.7 Å². The number of amides is 4. The number of unbranched alkanes of at least 4 members (excludes halogenated alkanes) is 10. The molecule has 0 radical (unpaired) electrons. The minimum absolute atomic E-state index is 0.0813. The Hall–Kier alpha value is -1.80. The first-order valence-corrected chi connectivity index (χ1v) is 10.6. The van der Waals surface area contributed by atoms with E-state index in [0.717, 1.165) is 64.2 Å². The number of hydrazine groups is 2. The van der Waals surface area contributed by atoms with Gasteiger partial charge in [-0.2, -0.15) is 0 Å². The lowest BCUT2D eigenvalue weighted by molar-refractivity contribution is -0.160. The first-order valence-electron chi connectivity index (χ1n) is 10.6. The van der Waals surface area contributed by atoms with E-state index in [1.807, 2.05) is 0 Å². The summed E-state index contributed by atoms with van der Waals surface area (Å²) in [6.07, 6.45) is 11.9. The van der Waals surface area contributed by atoms with Gasteiger partial charge in [0.05, 0.1) is 0 Å². The fourth-order valence-electron chi connectivity index (χ4n) is 2.79. The fraction of sp³-hybridized carbons (Fsp3) is 0.800. The van der Waals surface area contributed by atoms with Crippen LogP contribution in [0.5, 0.6) is 0 Å². The molecule has 0 spiro atoms. The van der Waals surface area contributed by atoms with Crippen LogP contribution in [0.25, 0.3) is 0 Å². The third-order valence-corrected chi connectivity index (χ3v) is 4.65. The Morgan fingerprint density at radius 1 is 0.536 bits per heavy atom. The molecular formula is C20H38N4O4. The predicted octanol–water partition coefficient (Wildman–Crippen LogP) is 2.95. The monoisotopic (exact) mass is 398 g/mol. The minimum atomic E-state index is -1.28. The molecule has 0 unspecified atom stereocenters. The number of hydrogen-bond acceptors (Lipinski definition) is 6. The van der Waals surface area contributed by atoms with Crippen molar-refractivity contribution < 1.29 is 19.2 Å². The molecule has 162 valence electrons. The largest absolute Gasteiger partial charge is 0.334 e. The number of hydrogen-bond donors (Lipinski definition) is 2. The van der Waals surface area contributed by atoms with E-state index in [0.29, 0.717) is 12.8 Å². The van der Waals surface area contributed by atoms with E-state index in [2.05, 4.69) is 13.8 Å². The van der Waals surface area contributed by atoms with Crippen molar-refractivity contribution in [3.8, 4) is 0 Å². The predicted molar refractivity (Wildman–Crippen MR) is 108 cm³/mol. The molecule has 4 N–H and O–H groups in total.